The lowest BCUT2D eigenvalue weighted by Gasteiger charge is -2.27. The Hall–Kier alpha value is -0.650. The Morgan fingerprint density at radius 1 is 1.30 bits per heavy atom. The first-order valence-corrected chi connectivity index (χ1v) is 8.20. The van der Waals surface area contributed by atoms with E-state index in [4.69, 9.17) is 9.72 Å². The van der Waals surface area contributed by atoms with Crippen molar-refractivity contribution in [3.63, 3.8) is 0 Å². The SMILES string of the molecule is COCCNCc1sc(N(CC(C)C)C(C)C)nc1C. The second-order valence-electron chi connectivity index (χ2n) is 5.81. The van der Waals surface area contributed by atoms with Crippen LogP contribution in [0.3, 0.4) is 0 Å². The Balaban J connectivity index is 2.70. The van der Waals surface area contributed by atoms with Gasteiger partial charge in [-0.25, -0.2) is 4.98 Å². The van der Waals surface area contributed by atoms with Gasteiger partial charge in [-0.1, -0.05) is 13.8 Å². The van der Waals surface area contributed by atoms with Crippen LogP contribution in [0.15, 0.2) is 0 Å². The third kappa shape index (κ3) is 5.38. The zero-order valence-corrected chi connectivity index (χ0v) is 14.5. The van der Waals surface area contributed by atoms with Crippen LogP contribution in [0.4, 0.5) is 5.13 Å². The van der Waals surface area contributed by atoms with E-state index in [0.717, 1.165) is 37.1 Å². The van der Waals surface area contributed by atoms with E-state index in [1.54, 1.807) is 7.11 Å². The summed E-state index contributed by atoms with van der Waals surface area (Å²) >= 11 is 1.81. The van der Waals surface area contributed by atoms with Crippen molar-refractivity contribution in [2.75, 3.05) is 31.7 Å². The first-order chi connectivity index (χ1) is 9.45. The molecule has 1 rings (SSSR count). The fourth-order valence-electron chi connectivity index (χ4n) is 1.98. The van der Waals surface area contributed by atoms with Gasteiger partial charge in [-0.15, -0.1) is 11.3 Å². The summed E-state index contributed by atoms with van der Waals surface area (Å²) in [4.78, 5) is 8.49. The molecule has 5 heteroatoms. The van der Waals surface area contributed by atoms with Crippen molar-refractivity contribution in [1.82, 2.24) is 10.3 Å². The Morgan fingerprint density at radius 3 is 2.55 bits per heavy atom. The minimum Gasteiger partial charge on any atom is -0.383 e. The van der Waals surface area contributed by atoms with Gasteiger partial charge in [0.2, 0.25) is 0 Å². The van der Waals surface area contributed by atoms with Crippen LogP contribution in [-0.2, 0) is 11.3 Å². The van der Waals surface area contributed by atoms with Crippen molar-refractivity contribution in [3.05, 3.63) is 10.6 Å². The van der Waals surface area contributed by atoms with Crippen molar-refractivity contribution in [2.24, 2.45) is 5.92 Å². The van der Waals surface area contributed by atoms with Gasteiger partial charge in [0.05, 0.1) is 12.3 Å². The number of rotatable bonds is 9. The fourth-order valence-corrected chi connectivity index (χ4v) is 3.15. The Kier molecular flexibility index (Phi) is 7.48. The van der Waals surface area contributed by atoms with Crippen LogP contribution < -0.4 is 10.2 Å². The van der Waals surface area contributed by atoms with Gasteiger partial charge in [0, 0.05) is 37.7 Å². The van der Waals surface area contributed by atoms with E-state index in [0.29, 0.717) is 12.0 Å². The molecule has 0 saturated carbocycles. The van der Waals surface area contributed by atoms with E-state index in [9.17, 15) is 0 Å². The normalized spacial score (nSPS) is 11.6. The van der Waals surface area contributed by atoms with Gasteiger partial charge in [-0.2, -0.15) is 0 Å². The molecule has 4 nitrogen and oxygen atoms in total. The van der Waals surface area contributed by atoms with Crippen LogP contribution in [0.25, 0.3) is 0 Å². The molecule has 0 spiro atoms. The molecule has 0 aromatic carbocycles. The van der Waals surface area contributed by atoms with Gasteiger partial charge in [0.15, 0.2) is 5.13 Å². The number of hydrogen-bond donors (Lipinski definition) is 1. The number of aryl methyl sites for hydroxylation is 1. The predicted molar refractivity (Wildman–Crippen MR) is 87.8 cm³/mol. The molecule has 1 heterocycles. The fraction of sp³-hybridized carbons (Fsp3) is 0.800. The lowest BCUT2D eigenvalue weighted by Crippen LogP contribution is -2.34. The molecule has 1 N–H and O–H groups in total. The summed E-state index contributed by atoms with van der Waals surface area (Å²) in [7, 11) is 1.73. The number of nitrogens with one attached hydrogen (secondary N) is 1. The highest BCUT2D eigenvalue weighted by atomic mass is 32.1. The maximum atomic E-state index is 5.05. The van der Waals surface area contributed by atoms with E-state index in [1.807, 2.05) is 11.3 Å². The van der Waals surface area contributed by atoms with Gasteiger partial charge in [0.25, 0.3) is 0 Å². The molecule has 0 bridgehead atoms. The summed E-state index contributed by atoms with van der Waals surface area (Å²) in [5.74, 6) is 0.643. The predicted octanol–water partition coefficient (Wildman–Crippen LogP) is 3.06. The van der Waals surface area contributed by atoms with E-state index in [-0.39, 0.29) is 0 Å². The third-order valence-corrected chi connectivity index (χ3v) is 4.28. The lowest BCUT2D eigenvalue weighted by molar-refractivity contribution is 0.199. The molecule has 0 unspecified atom stereocenters. The maximum Gasteiger partial charge on any atom is 0.186 e. The van der Waals surface area contributed by atoms with Gasteiger partial charge in [0.1, 0.15) is 0 Å². The van der Waals surface area contributed by atoms with Crippen molar-refractivity contribution >= 4 is 16.5 Å². The minimum atomic E-state index is 0.484. The standard InChI is InChI=1S/C15H29N3OS/c1-11(2)10-18(12(3)4)15-17-13(5)14(20-15)9-16-7-8-19-6/h11-12,16H,7-10H2,1-6H3. The molecule has 0 amide bonds. The second-order valence-corrected chi connectivity index (χ2v) is 6.88. The first-order valence-electron chi connectivity index (χ1n) is 7.38. The first kappa shape index (κ1) is 17.4. The molecule has 0 saturated heterocycles. The van der Waals surface area contributed by atoms with Gasteiger partial charge in [-0.3, -0.25) is 0 Å². The highest BCUT2D eigenvalue weighted by molar-refractivity contribution is 7.15. The molecule has 20 heavy (non-hydrogen) atoms. The smallest absolute Gasteiger partial charge is 0.186 e. The van der Waals surface area contributed by atoms with Gasteiger partial charge in [-0.05, 0) is 26.7 Å². The summed E-state index contributed by atoms with van der Waals surface area (Å²) in [6.45, 7) is 14.6. The molecule has 0 atom stereocenters. The highest BCUT2D eigenvalue weighted by Gasteiger charge is 2.17. The van der Waals surface area contributed by atoms with Crippen molar-refractivity contribution < 1.29 is 4.74 Å². The van der Waals surface area contributed by atoms with Crippen molar-refractivity contribution in [1.29, 1.82) is 0 Å². The van der Waals surface area contributed by atoms with E-state index < -0.39 is 0 Å². The molecule has 1 aromatic rings. The highest BCUT2D eigenvalue weighted by Crippen LogP contribution is 2.28. The topological polar surface area (TPSA) is 37.4 Å². The molecule has 116 valence electrons. The van der Waals surface area contributed by atoms with Crippen molar-refractivity contribution in [3.8, 4) is 0 Å². The molecule has 0 aliphatic heterocycles. The van der Waals surface area contributed by atoms with Crippen LogP contribution in [0.2, 0.25) is 0 Å². The largest absolute Gasteiger partial charge is 0.383 e. The third-order valence-electron chi connectivity index (χ3n) is 3.08. The zero-order valence-electron chi connectivity index (χ0n) is 13.7. The zero-order chi connectivity index (χ0) is 15.1. The molecule has 1 aromatic heterocycles. The number of nitrogens with zero attached hydrogens (tertiary/aromatic N) is 2. The molecular weight excluding hydrogens is 270 g/mol. The van der Waals surface area contributed by atoms with Gasteiger partial charge >= 0.3 is 0 Å². The summed E-state index contributed by atoms with van der Waals surface area (Å²) in [5.41, 5.74) is 1.14. The summed E-state index contributed by atoms with van der Waals surface area (Å²) in [6.07, 6.45) is 0. The Morgan fingerprint density at radius 2 is 2.00 bits per heavy atom. The minimum absolute atomic E-state index is 0.484. The molecular formula is C15H29N3OS. The van der Waals surface area contributed by atoms with Gasteiger partial charge < -0.3 is 15.0 Å². The average molecular weight is 299 g/mol. The van der Waals surface area contributed by atoms with Crippen LogP contribution in [0.1, 0.15) is 38.3 Å². The molecule has 0 aliphatic rings. The van der Waals surface area contributed by atoms with Crippen LogP contribution in [0.5, 0.6) is 0 Å². The van der Waals surface area contributed by atoms with Crippen molar-refractivity contribution in [2.45, 2.75) is 47.2 Å². The van der Waals surface area contributed by atoms with Crippen LogP contribution in [-0.4, -0.2) is 37.8 Å². The Bertz CT molecular complexity index is 390. The number of methoxy groups -OCH3 is 1. The monoisotopic (exact) mass is 299 g/mol. The second kappa shape index (κ2) is 8.60. The lowest BCUT2D eigenvalue weighted by atomic mass is 10.2. The molecule has 0 radical (unpaired) electrons. The van der Waals surface area contributed by atoms with E-state index >= 15 is 0 Å². The summed E-state index contributed by atoms with van der Waals surface area (Å²) < 4.78 is 5.05. The number of ether oxygens (including phenoxy) is 1. The molecule has 0 aliphatic carbocycles. The maximum absolute atomic E-state index is 5.05. The average Bonchev–Trinajstić information content (AvgIpc) is 2.72. The number of thiazole rings is 1. The van der Waals surface area contributed by atoms with E-state index in [2.05, 4.69) is 44.8 Å². The summed E-state index contributed by atoms with van der Waals surface area (Å²) in [5, 5.41) is 4.54. The molecule has 0 fully saturated rings. The number of anilines is 1. The van der Waals surface area contributed by atoms with Crippen LogP contribution >= 0.6 is 11.3 Å². The number of hydrogen-bond acceptors (Lipinski definition) is 5. The van der Waals surface area contributed by atoms with E-state index in [1.165, 1.54) is 4.88 Å². The Labute approximate surface area is 127 Å². The summed E-state index contributed by atoms with van der Waals surface area (Å²) in [6, 6.07) is 0.484. The quantitative estimate of drug-likeness (QED) is 0.711. The van der Waals surface area contributed by atoms with Crippen LogP contribution in [0, 0.1) is 12.8 Å². The number of aromatic nitrogens is 1.